The van der Waals surface area contributed by atoms with Crippen molar-refractivity contribution in [3.63, 3.8) is 0 Å². The lowest BCUT2D eigenvalue weighted by Gasteiger charge is -2.28. The molecular formula is C27H36F5N3. The van der Waals surface area contributed by atoms with Crippen molar-refractivity contribution < 1.29 is 22.0 Å². The summed E-state index contributed by atoms with van der Waals surface area (Å²) in [4.78, 5) is 7.98. The number of hydrogen-bond acceptors (Lipinski definition) is 3. The molecule has 0 aliphatic carbocycles. The van der Waals surface area contributed by atoms with Crippen LogP contribution in [0.15, 0.2) is 65.3 Å². The Morgan fingerprint density at radius 3 is 2.37 bits per heavy atom. The van der Waals surface area contributed by atoms with Gasteiger partial charge >= 0.3 is 6.18 Å². The normalized spacial score (nSPS) is 18.0. The average molecular weight is 498 g/mol. The van der Waals surface area contributed by atoms with E-state index in [1.54, 1.807) is 19.1 Å². The zero-order valence-electron chi connectivity index (χ0n) is 21.3. The molecule has 1 fully saturated rings. The van der Waals surface area contributed by atoms with Crippen molar-refractivity contribution in [1.82, 2.24) is 9.88 Å². The van der Waals surface area contributed by atoms with Gasteiger partial charge < -0.3 is 9.80 Å². The molecule has 0 radical (unpaired) electrons. The fraction of sp³-hybridized carbons (Fsp3) is 0.444. The zero-order chi connectivity index (χ0) is 27.2. The van der Waals surface area contributed by atoms with E-state index in [1.807, 2.05) is 37.7 Å². The maximum absolute atomic E-state index is 14.4. The van der Waals surface area contributed by atoms with E-state index in [0.717, 1.165) is 43.1 Å². The molecule has 1 atom stereocenters. The van der Waals surface area contributed by atoms with E-state index in [-0.39, 0.29) is 24.5 Å². The Morgan fingerprint density at radius 1 is 1.26 bits per heavy atom. The molecule has 0 bridgehead atoms. The highest BCUT2D eigenvalue weighted by Gasteiger charge is 2.33. The molecule has 2 rings (SSSR count). The SMILES string of the molecule is C#C.CC.C\C=C(F)/C(=C\C(=C\CC)C(F)(F)F)C/C=C1/C(N(C)c2ccc(F)cn2)CCN1C. The summed E-state index contributed by atoms with van der Waals surface area (Å²) in [5, 5.41) is 0. The summed E-state index contributed by atoms with van der Waals surface area (Å²) >= 11 is 0. The van der Waals surface area contributed by atoms with Gasteiger partial charge in [-0.1, -0.05) is 39.0 Å². The Balaban J connectivity index is 0.00000274. The highest BCUT2D eigenvalue weighted by molar-refractivity contribution is 5.43. The minimum absolute atomic E-state index is 0.00810. The van der Waals surface area contributed by atoms with Gasteiger partial charge in [0.1, 0.15) is 17.5 Å². The molecule has 35 heavy (non-hydrogen) atoms. The van der Waals surface area contributed by atoms with Crippen LogP contribution in [0, 0.1) is 18.7 Å². The topological polar surface area (TPSA) is 19.4 Å². The molecule has 0 amide bonds. The highest BCUT2D eigenvalue weighted by Crippen LogP contribution is 2.32. The molecule has 2 heterocycles. The van der Waals surface area contributed by atoms with Crippen molar-refractivity contribution in [2.24, 2.45) is 0 Å². The van der Waals surface area contributed by atoms with Gasteiger partial charge in [-0.2, -0.15) is 13.2 Å². The first-order valence-corrected chi connectivity index (χ1v) is 11.5. The first-order chi connectivity index (χ1) is 16.6. The number of rotatable bonds is 7. The van der Waals surface area contributed by atoms with Gasteiger partial charge in [-0.25, -0.2) is 13.8 Å². The van der Waals surface area contributed by atoms with Crippen LogP contribution in [0.1, 0.15) is 47.0 Å². The van der Waals surface area contributed by atoms with Gasteiger partial charge in [0.2, 0.25) is 0 Å². The Bertz CT molecular complexity index is 909. The van der Waals surface area contributed by atoms with Crippen LogP contribution in [0.25, 0.3) is 0 Å². The number of nitrogens with zero attached hydrogens (tertiary/aromatic N) is 3. The Labute approximate surface area is 206 Å². The molecular weight excluding hydrogens is 461 g/mol. The lowest BCUT2D eigenvalue weighted by Crippen LogP contribution is -2.33. The summed E-state index contributed by atoms with van der Waals surface area (Å²) < 4.78 is 67.5. The third kappa shape index (κ3) is 9.59. The number of anilines is 1. The molecule has 0 spiro atoms. The predicted molar refractivity (Wildman–Crippen MR) is 135 cm³/mol. The molecule has 0 saturated carbocycles. The minimum Gasteiger partial charge on any atom is -0.376 e. The van der Waals surface area contributed by atoms with Crippen LogP contribution in [0.2, 0.25) is 0 Å². The number of aromatic nitrogens is 1. The van der Waals surface area contributed by atoms with Crippen molar-refractivity contribution in [1.29, 1.82) is 0 Å². The smallest absolute Gasteiger partial charge is 0.376 e. The van der Waals surface area contributed by atoms with E-state index < -0.39 is 23.4 Å². The number of pyridine rings is 1. The quantitative estimate of drug-likeness (QED) is 0.220. The van der Waals surface area contributed by atoms with E-state index in [0.29, 0.717) is 5.82 Å². The van der Waals surface area contributed by atoms with Crippen molar-refractivity contribution >= 4 is 5.82 Å². The molecule has 1 unspecified atom stereocenters. The van der Waals surface area contributed by atoms with Gasteiger partial charge in [-0.3, -0.25) is 0 Å². The largest absolute Gasteiger partial charge is 0.416 e. The molecule has 8 heteroatoms. The third-order valence-electron chi connectivity index (χ3n) is 5.23. The van der Waals surface area contributed by atoms with E-state index in [9.17, 15) is 22.0 Å². The average Bonchev–Trinajstić information content (AvgIpc) is 3.22. The van der Waals surface area contributed by atoms with E-state index in [2.05, 4.69) is 17.8 Å². The van der Waals surface area contributed by atoms with Crippen molar-refractivity contribution in [2.75, 3.05) is 25.5 Å². The summed E-state index contributed by atoms with van der Waals surface area (Å²) in [7, 11) is 3.71. The van der Waals surface area contributed by atoms with Crippen molar-refractivity contribution in [3.8, 4) is 12.8 Å². The summed E-state index contributed by atoms with van der Waals surface area (Å²) in [6.45, 7) is 7.78. The monoisotopic (exact) mass is 497 g/mol. The molecule has 1 saturated heterocycles. The van der Waals surface area contributed by atoms with Crippen LogP contribution in [0.3, 0.4) is 0 Å². The molecule has 0 aromatic carbocycles. The van der Waals surface area contributed by atoms with Crippen LogP contribution in [0.4, 0.5) is 27.8 Å². The van der Waals surface area contributed by atoms with Crippen molar-refractivity contribution in [3.05, 3.63) is 71.1 Å². The van der Waals surface area contributed by atoms with E-state index in [4.69, 9.17) is 0 Å². The number of hydrogen-bond donors (Lipinski definition) is 0. The Kier molecular flexibility index (Phi) is 14.4. The van der Waals surface area contributed by atoms with Gasteiger partial charge in [0, 0.05) is 26.3 Å². The molecule has 1 aliphatic rings. The van der Waals surface area contributed by atoms with Gasteiger partial charge in [0.05, 0.1) is 17.8 Å². The number of likely N-dealkylation sites (tertiary alicyclic amines) is 1. The van der Waals surface area contributed by atoms with E-state index in [1.165, 1.54) is 13.0 Å². The van der Waals surface area contributed by atoms with Crippen LogP contribution in [-0.2, 0) is 0 Å². The van der Waals surface area contributed by atoms with E-state index >= 15 is 0 Å². The summed E-state index contributed by atoms with van der Waals surface area (Å²) in [5.41, 5.74) is -0.0329. The third-order valence-corrected chi connectivity index (χ3v) is 5.23. The number of allylic oxidation sites excluding steroid dienone is 7. The molecule has 194 valence electrons. The van der Waals surface area contributed by atoms with Crippen LogP contribution in [-0.4, -0.2) is 42.7 Å². The minimum atomic E-state index is -4.55. The van der Waals surface area contributed by atoms with Crippen LogP contribution in [0.5, 0.6) is 0 Å². The first-order valence-electron chi connectivity index (χ1n) is 11.5. The standard InChI is InChI=1S/C23H28F5N3.C2H6.C2H2/c1-5-7-17(23(26,27)28)14-16(19(25)6-2)8-10-20-21(12-13-30(20)3)31(4)22-11-9-18(24)15-29-22;2*1-2/h6-7,9-11,14-15,21H,5,8,12-13H2,1-4H3;1-2H3;1-2H/b16-14-,17-7-,19-6+,20-10-;;. The van der Waals surface area contributed by atoms with Gasteiger partial charge in [0.15, 0.2) is 0 Å². The summed E-state index contributed by atoms with van der Waals surface area (Å²) in [6.07, 6.45) is 10.4. The van der Waals surface area contributed by atoms with Gasteiger partial charge in [-0.05, 0) is 50.0 Å². The second-order valence-electron chi connectivity index (χ2n) is 7.38. The number of alkyl halides is 3. The summed E-state index contributed by atoms with van der Waals surface area (Å²) in [6, 6.07) is 2.79. The highest BCUT2D eigenvalue weighted by atomic mass is 19.4. The second-order valence-corrected chi connectivity index (χ2v) is 7.38. The van der Waals surface area contributed by atoms with Crippen LogP contribution >= 0.6 is 0 Å². The fourth-order valence-electron chi connectivity index (χ4n) is 3.56. The molecule has 0 N–H and O–H groups in total. The van der Waals surface area contributed by atoms with Gasteiger partial charge in [-0.15, -0.1) is 12.8 Å². The first kappa shape index (κ1) is 31.9. The summed E-state index contributed by atoms with van der Waals surface area (Å²) in [5.74, 6) is -0.546. The zero-order valence-corrected chi connectivity index (χ0v) is 21.3. The fourth-order valence-corrected chi connectivity index (χ4v) is 3.56. The van der Waals surface area contributed by atoms with Gasteiger partial charge in [0.25, 0.3) is 0 Å². The number of likely N-dealkylation sites (N-methyl/N-ethyl adjacent to an activating group) is 2. The molecule has 1 aromatic rings. The lowest BCUT2D eigenvalue weighted by atomic mass is 10.0. The lowest BCUT2D eigenvalue weighted by molar-refractivity contribution is -0.0884. The predicted octanol–water partition coefficient (Wildman–Crippen LogP) is 7.61. The number of terminal acetylenes is 1. The molecule has 3 nitrogen and oxygen atoms in total. The number of halogens is 5. The maximum Gasteiger partial charge on any atom is 0.416 e. The van der Waals surface area contributed by atoms with Crippen LogP contribution < -0.4 is 4.90 Å². The second kappa shape index (κ2) is 15.8. The Hall–Kier alpha value is -3.08. The maximum atomic E-state index is 14.4. The Morgan fingerprint density at radius 2 is 1.89 bits per heavy atom. The van der Waals surface area contributed by atoms with Crippen molar-refractivity contribution in [2.45, 2.75) is 59.2 Å². The molecule has 1 aliphatic heterocycles. The molecule has 1 aromatic heterocycles.